The lowest BCUT2D eigenvalue weighted by Crippen LogP contribution is -2.33. The Morgan fingerprint density at radius 1 is 1.48 bits per heavy atom. The van der Waals surface area contributed by atoms with Gasteiger partial charge >= 0.3 is 5.97 Å². The van der Waals surface area contributed by atoms with Gasteiger partial charge in [0.25, 0.3) is 0 Å². The number of hydrogen-bond acceptors (Lipinski definition) is 4. The summed E-state index contributed by atoms with van der Waals surface area (Å²) >= 11 is 0. The van der Waals surface area contributed by atoms with E-state index in [0.717, 1.165) is 31.0 Å². The molecule has 0 amide bonds. The molecule has 1 fully saturated rings. The predicted molar refractivity (Wildman–Crippen MR) is 72.1 cm³/mol. The third kappa shape index (κ3) is 3.99. The number of carboxylic acids is 1. The number of ether oxygens (including phenoxy) is 1. The van der Waals surface area contributed by atoms with E-state index in [1.165, 1.54) is 0 Å². The average molecular weight is 317 g/mol. The van der Waals surface area contributed by atoms with Crippen molar-refractivity contribution in [2.75, 3.05) is 19.8 Å². The molecule has 1 aromatic rings. The molecule has 2 N–H and O–H groups in total. The van der Waals surface area contributed by atoms with Crippen LogP contribution in [0.5, 0.6) is 0 Å². The molecule has 1 atom stereocenters. The Kier molecular flexibility index (Phi) is 4.92. The molecular formula is C13H16FNO5S. The van der Waals surface area contributed by atoms with Crippen LogP contribution in [0.25, 0.3) is 0 Å². The Labute approximate surface area is 122 Å². The first-order chi connectivity index (χ1) is 9.90. The molecule has 1 heterocycles. The number of carbonyl (C=O) groups is 1. The molecule has 1 unspecified atom stereocenters. The molecule has 0 spiro atoms. The molecule has 2 rings (SSSR count). The van der Waals surface area contributed by atoms with Crippen LogP contribution in [0.4, 0.5) is 4.39 Å². The fraction of sp³-hybridized carbons (Fsp3) is 0.462. The van der Waals surface area contributed by atoms with E-state index < -0.39 is 26.7 Å². The third-order valence-corrected chi connectivity index (χ3v) is 4.72. The van der Waals surface area contributed by atoms with Gasteiger partial charge in [-0.05, 0) is 37.0 Å². The van der Waals surface area contributed by atoms with Gasteiger partial charge in [-0.15, -0.1) is 0 Å². The zero-order valence-electron chi connectivity index (χ0n) is 11.2. The zero-order valence-corrected chi connectivity index (χ0v) is 12.0. The maximum atomic E-state index is 13.7. The second-order valence-corrected chi connectivity index (χ2v) is 6.62. The average Bonchev–Trinajstić information content (AvgIpc) is 2.46. The van der Waals surface area contributed by atoms with E-state index >= 15 is 0 Å². The van der Waals surface area contributed by atoms with E-state index in [1.54, 1.807) is 0 Å². The normalized spacial score (nSPS) is 19.4. The SMILES string of the molecule is O=C(O)c1ccc(F)c(S(=O)(=O)NCC2CCCOC2)c1. The van der Waals surface area contributed by atoms with Gasteiger partial charge in [-0.3, -0.25) is 0 Å². The fourth-order valence-electron chi connectivity index (χ4n) is 2.12. The van der Waals surface area contributed by atoms with Crippen LogP contribution in [0.2, 0.25) is 0 Å². The number of sulfonamides is 1. The van der Waals surface area contributed by atoms with E-state index in [1.807, 2.05) is 0 Å². The summed E-state index contributed by atoms with van der Waals surface area (Å²) in [6.07, 6.45) is 1.69. The van der Waals surface area contributed by atoms with Gasteiger partial charge in [0.2, 0.25) is 10.0 Å². The fourth-order valence-corrected chi connectivity index (χ4v) is 3.33. The van der Waals surface area contributed by atoms with Gasteiger partial charge in [0, 0.05) is 13.2 Å². The first-order valence-electron chi connectivity index (χ1n) is 6.50. The summed E-state index contributed by atoms with van der Waals surface area (Å²) < 4.78 is 45.4. The monoisotopic (exact) mass is 317 g/mol. The van der Waals surface area contributed by atoms with E-state index in [2.05, 4.69) is 4.72 Å². The van der Waals surface area contributed by atoms with E-state index in [4.69, 9.17) is 9.84 Å². The minimum Gasteiger partial charge on any atom is -0.478 e. The second kappa shape index (κ2) is 6.50. The molecule has 0 aliphatic carbocycles. The van der Waals surface area contributed by atoms with Gasteiger partial charge in [-0.25, -0.2) is 22.3 Å². The summed E-state index contributed by atoms with van der Waals surface area (Å²) in [5, 5.41) is 8.85. The maximum Gasteiger partial charge on any atom is 0.335 e. The van der Waals surface area contributed by atoms with Crippen molar-refractivity contribution < 1.29 is 27.4 Å². The topological polar surface area (TPSA) is 92.7 Å². The van der Waals surface area contributed by atoms with Crippen LogP contribution in [0.1, 0.15) is 23.2 Å². The number of benzene rings is 1. The molecule has 1 aliphatic heterocycles. The molecule has 0 saturated carbocycles. The van der Waals surface area contributed by atoms with Crippen molar-refractivity contribution in [3.05, 3.63) is 29.6 Å². The quantitative estimate of drug-likeness (QED) is 0.852. The largest absolute Gasteiger partial charge is 0.478 e. The van der Waals surface area contributed by atoms with Crippen molar-refractivity contribution in [2.24, 2.45) is 5.92 Å². The first-order valence-corrected chi connectivity index (χ1v) is 7.99. The van der Waals surface area contributed by atoms with Gasteiger partial charge < -0.3 is 9.84 Å². The van der Waals surface area contributed by atoms with Crippen LogP contribution in [0.15, 0.2) is 23.1 Å². The Hall–Kier alpha value is -1.51. The van der Waals surface area contributed by atoms with Crippen molar-refractivity contribution in [3.8, 4) is 0 Å². The highest BCUT2D eigenvalue weighted by Crippen LogP contribution is 2.18. The van der Waals surface area contributed by atoms with Crippen LogP contribution < -0.4 is 4.72 Å². The number of carboxylic acid groups (broad SMARTS) is 1. The molecule has 116 valence electrons. The molecule has 0 radical (unpaired) electrons. The van der Waals surface area contributed by atoms with Crippen LogP contribution in [-0.2, 0) is 14.8 Å². The van der Waals surface area contributed by atoms with Crippen LogP contribution in [0.3, 0.4) is 0 Å². The maximum absolute atomic E-state index is 13.7. The number of aromatic carboxylic acids is 1. The van der Waals surface area contributed by atoms with Gasteiger partial charge in [-0.1, -0.05) is 0 Å². The number of nitrogens with one attached hydrogen (secondary N) is 1. The summed E-state index contributed by atoms with van der Waals surface area (Å²) in [6, 6.07) is 2.67. The smallest absolute Gasteiger partial charge is 0.335 e. The van der Waals surface area contributed by atoms with Gasteiger partial charge in [-0.2, -0.15) is 0 Å². The second-order valence-electron chi connectivity index (χ2n) is 4.89. The molecular weight excluding hydrogens is 301 g/mol. The highest BCUT2D eigenvalue weighted by atomic mass is 32.2. The lowest BCUT2D eigenvalue weighted by atomic mass is 10.0. The van der Waals surface area contributed by atoms with Gasteiger partial charge in [0.1, 0.15) is 10.7 Å². The Morgan fingerprint density at radius 3 is 2.86 bits per heavy atom. The van der Waals surface area contributed by atoms with Crippen molar-refractivity contribution >= 4 is 16.0 Å². The number of hydrogen-bond donors (Lipinski definition) is 2. The lowest BCUT2D eigenvalue weighted by molar-refractivity contribution is 0.0568. The summed E-state index contributed by atoms with van der Waals surface area (Å²) in [5.41, 5.74) is -0.280. The number of rotatable bonds is 5. The molecule has 8 heteroatoms. The minimum atomic E-state index is -4.09. The Balaban J connectivity index is 2.14. The van der Waals surface area contributed by atoms with E-state index in [0.29, 0.717) is 13.2 Å². The zero-order chi connectivity index (χ0) is 15.5. The standard InChI is InChI=1S/C13H16FNO5S/c14-11-4-3-10(13(16)17)6-12(11)21(18,19)15-7-9-2-1-5-20-8-9/h3-4,6,9,15H,1-2,5,7-8H2,(H,16,17). The lowest BCUT2D eigenvalue weighted by Gasteiger charge is -2.22. The highest BCUT2D eigenvalue weighted by Gasteiger charge is 2.23. The molecule has 21 heavy (non-hydrogen) atoms. The van der Waals surface area contributed by atoms with Crippen molar-refractivity contribution in [1.82, 2.24) is 4.72 Å². The van der Waals surface area contributed by atoms with Crippen LogP contribution >= 0.6 is 0 Å². The molecule has 0 aromatic heterocycles. The van der Waals surface area contributed by atoms with E-state index in [9.17, 15) is 17.6 Å². The molecule has 1 saturated heterocycles. The predicted octanol–water partition coefficient (Wildman–Crippen LogP) is 1.23. The highest BCUT2D eigenvalue weighted by molar-refractivity contribution is 7.89. The summed E-state index contributed by atoms with van der Waals surface area (Å²) in [7, 11) is -4.09. The summed E-state index contributed by atoms with van der Waals surface area (Å²) in [5.74, 6) is -2.25. The van der Waals surface area contributed by atoms with Gasteiger partial charge in [0.05, 0.1) is 12.2 Å². The van der Waals surface area contributed by atoms with Crippen LogP contribution in [0, 0.1) is 11.7 Å². The summed E-state index contributed by atoms with van der Waals surface area (Å²) in [4.78, 5) is 10.2. The Bertz CT molecular complexity index is 625. The third-order valence-electron chi connectivity index (χ3n) is 3.28. The van der Waals surface area contributed by atoms with Gasteiger partial charge in [0.15, 0.2) is 0 Å². The molecule has 6 nitrogen and oxygen atoms in total. The van der Waals surface area contributed by atoms with Crippen molar-refractivity contribution in [1.29, 1.82) is 0 Å². The van der Waals surface area contributed by atoms with E-state index in [-0.39, 0.29) is 18.0 Å². The minimum absolute atomic E-state index is 0.0410. The molecule has 0 bridgehead atoms. The number of halogens is 1. The summed E-state index contributed by atoms with van der Waals surface area (Å²) in [6.45, 7) is 1.26. The Morgan fingerprint density at radius 2 is 2.24 bits per heavy atom. The molecule has 1 aromatic carbocycles. The van der Waals surface area contributed by atoms with Crippen molar-refractivity contribution in [2.45, 2.75) is 17.7 Å². The molecule has 1 aliphatic rings. The van der Waals surface area contributed by atoms with Crippen LogP contribution in [-0.4, -0.2) is 39.3 Å². The van der Waals surface area contributed by atoms with Crippen molar-refractivity contribution in [3.63, 3.8) is 0 Å². The first kappa shape index (κ1) is 15.9.